The van der Waals surface area contributed by atoms with E-state index in [2.05, 4.69) is 27.7 Å². The summed E-state index contributed by atoms with van der Waals surface area (Å²) in [6.07, 6.45) is 3.82. The summed E-state index contributed by atoms with van der Waals surface area (Å²) >= 11 is 0. The summed E-state index contributed by atoms with van der Waals surface area (Å²) in [5, 5.41) is 10.5. The van der Waals surface area contributed by atoms with Gasteiger partial charge in [0.15, 0.2) is 0 Å². The monoisotopic (exact) mass is 222 g/mol. The van der Waals surface area contributed by atoms with Gasteiger partial charge in [-0.25, -0.2) is 0 Å². The van der Waals surface area contributed by atoms with E-state index in [1.54, 1.807) is 0 Å². The fraction of sp³-hybridized carbons (Fsp3) is 1.00. The van der Waals surface area contributed by atoms with Crippen LogP contribution in [0.4, 0.5) is 0 Å². The van der Waals surface area contributed by atoms with Crippen LogP contribution in [0.25, 0.3) is 0 Å². The number of aliphatic hydroxyl groups excluding tert-OH is 1. The van der Waals surface area contributed by atoms with E-state index in [0.717, 1.165) is 41.9 Å². The highest BCUT2D eigenvalue weighted by molar-refractivity contribution is 5.25. The molecular formula is C15H26O. The Morgan fingerprint density at radius 1 is 1.12 bits per heavy atom. The molecule has 1 N–H and O–H groups in total. The highest BCUT2D eigenvalue weighted by Crippen LogP contribution is 2.79. The lowest BCUT2D eigenvalue weighted by molar-refractivity contribution is 0.0155. The molecule has 1 unspecified atom stereocenters. The molecule has 0 heterocycles. The summed E-state index contributed by atoms with van der Waals surface area (Å²) in [4.78, 5) is 0. The molecule has 0 aromatic rings. The Morgan fingerprint density at radius 2 is 1.81 bits per heavy atom. The van der Waals surface area contributed by atoms with Gasteiger partial charge in [0.25, 0.3) is 0 Å². The lowest BCUT2D eigenvalue weighted by atomic mass is 9.69. The fourth-order valence-corrected chi connectivity index (χ4v) is 5.72. The molecular weight excluding hydrogens is 196 g/mol. The first-order valence-electron chi connectivity index (χ1n) is 7.19. The zero-order valence-corrected chi connectivity index (χ0v) is 11.1. The first-order chi connectivity index (χ1) is 7.51. The van der Waals surface area contributed by atoms with Crippen LogP contribution in [-0.2, 0) is 0 Å². The topological polar surface area (TPSA) is 20.2 Å². The molecule has 1 spiro atoms. The van der Waals surface area contributed by atoms with Gasteiger partial charge in [-0.15, -0.1) is 0 Å². The van der Waals surface area contributed by atoms with Gasteiger partial charge in [0, 0.05) is 5.41 Å². The molecule has 92 valence electrons. The minimum atomic E-state index is 0.00838. The summed E-state index contributed by atoms with van der Waals surface area (Å²) in [5.74, 6) is 4.93. The summed E-state index contributed by atoms with van der Waals surface area (Å²) in [6.45, 7) is 9.51. The Kier molecular flexibility index (Phi) is 2.25. The van der Waals surface area contributed by atoms with Gasteiger partial charge in [-0.1, -0.05) is 27.7 Å². The second kappa shape index (κ2) is 3.25. The minimum Gasteiger partial charge on any atom is -0.393 e. The van der Waals surface area contributed by atoms with Crippen molar-refractivity contribution in [1.29, 1.82) is 0 Å². The fourth-order valence-electron chi connectivity index (χ4n) is 5.72. The molecule has 0 aliphatic heterocycles. The molecule has 3 fully saturated rings. The predicted molar refractivity (Wildman–Crippen MR) is 65.9 cm³/mol. The van der Waals surface area contributed by atoms with Gasteiger partial charge in [-0.05, 0) is 54.8 Å². The van der Waals surface area contributed by atoms with Gasteiger partial charge in [0.05, 0.1) is 6.10 Å². The van der Waals surface area contributed by atoms with Crippen molar-refractivity contribution >= 4 is 0 Å². The van der Waals surface area contributed by atoms with E-state index in [9.17, 15) is 5.11 Å². The maximum Gasteiger partial charge on any atom is 0.0607 e. The Bertz CT molecular complexity index is 292. The summed E-state index contributed by atoms with van der Waals surface area (Å²) < 4.78 is 0. The van der Waals surface area contributed by atoms with Crippen molar-refractivity contribution in [2.45, 2.75) is 53.1 Å². The SMILES string of the molecule is CC(C)[C@@H]1CC[C@@H](C)[C@@]23C(O)C[C@H](C)[C@@H]2[C@@H]13. The van der Waals surface area contributed by atoms with E-state index in [4.69, 9.17) is 0 Å². The van der Waals surface area contributed by atoms with Gasteiger partial charge >= 0.3 is 0 Å². The number of hydrogen-bond acceptors (Lipinski definition) is 1. The van der Waals surface area contributed by atoms with Gasteiger partial charge in [-0.2, -0.15) is 0 Å². The van der Waals surface area contributed by atoms with Crippen LogP contribution in [0.3, 0.4) is 0 Å². The summed E-state index contributed by atoms with van der Waals surface area (Å²) in [6, 6.07) is 0. The first kappa shape index (κ1) is 11.1. The van der Waals surface area contributed by atoms with E-state index in [-0.39, 0.29) is 6.10 Å². The molecule has 0 radical (unpaired) electrons. The van der Waals surface area contributed by atoms with Gasteiger partial charge in [0.2, 0.25) is 0 Å². The molecule has 16 heavy (non-hydrogen) atoms. The average Bonchev–Trinajstić information content (AvgIpc) is 2.82. The van der Waals surface area contributed by atoms with Crippen LogP contribution < -0.4 is 0 Å². The second-order valence-corrected chi connectivity index (χ2v) is 7.17. The molecule has 3 rings (SSSR count). The van der Waals surface area contributed by atoms with Crippen LogP contribution in [-0.4, -0.2) is 11.2 Å². The van der Waals surface area contributed by atoms with Crippen LogP contribution in [0.5, 0.6) is 0 Å². The Hall–Kier alpha value is -0.0400. The highest BCUT2D eigenvalue weighted by Gasteiger charge is 2.77. The maximum atomic E-state index is 10.5. The summed E-state index contributed by atoms with van der Waals surface area (Å²) in [7, 11) is 0. The number of fused-ring (bicyclic) bond motifs is 1. The lowest BCUT2D eigenvalue weighted by Crippen LogP contribution is -2.35. The zero-order valence-electron chi connectivity index (χ0n) is 11.1. The van der Waals surface area contributed by atoms with Crippen molar-refractivity contribution < 1.29 is 5.11 Å². The van der Waals surface area contributed by atoms with E-state index in [1.807, 2.05) is 0 Å². The minimum absolute atomic E-state index is 0.00838. The van der Waals surface area contributed by atoms with Gasteiger partial charge in [0.1, 0.15) is 0 Å². The van der Waals surface area contributed by atoms with E-state index < -0.39 is 0 Å². The van der Waals surface area contributed by atoms with Crippen molar-refractivity contribution in [3.63, 3.8) is 0 Å². The van der Waals surface area contributed by atoms with Crippen molar-refractivity contribution in [3.05, 3.63) is 0 Å². The Labute approximate surface area is 99.6 Å². The van der Waals surface area contributed by atoms with Crippen molar-refractivity contribution in [2.75, 3.05) is 0 Å². The van der Waals surface area contributed by atoms with Crippen LogP contribution in [0.1, 0.15) is 47.0 Å². The third kappa shape index (κ3) is 1.06. The van der Waals surface area contributed by atoms with Crippen molar-refractivity contribution in [3.8, 4) is 0 Å². The standard InChI is InChI=1S/C15H26O/c1-8(2)11-6-5-10(4)15-12(16)7-9(3)13(15)14(11)15/h8-14,16H,5-7H2,1-4H3/t9-,10+,11-,12?,13+,14+,15+/m0/s1. The molecule has 0 aromatic heterocycles. The molecule has 0 aromatic carbocycles. The smallest absolute Gasteiger partial charge is 0.0607 e. The van der Waals surface area contributed by atoms with Crippen LogP contribution in [0, 0.1) is 40.9 Å². The normalized spacial score (nSPS) is 59.6. The second-order valence-electron chi connectivity index (χ2n) is 7.17. The number of aliphatic hydroxyl groups is 1. The molecule has 0 bridgehead atoms. The molecule has 3 aliphatic carbocycles. The third-order valence-corrected chi connectivity index (χ3v) is 6.32. The highest BCUT2D eigenvalue weighted by atomic mass is 16.3. The van der Waals surface area contributed by atoms with Crippen LogP contribution in [0.15, 0.2) is 0 Å². The largest absolute Gasteiger partial charge is 0.393 e. The lowest BCUT2D eigenvalue weighted by Gasteiger charge is -2.38. The van der Waals surface area contributed by atoms with Gasteiger partial charge in [-0.3, -0.25) is 0 Å². The first-order valence-corrected chi connectivity index (χ1v) is 7.19. The zero-order chi connectivity index (χ0) is 11.7. The van der Waals surface area contributed by atoms with Crippen LogP contribution in [0.2, 0.25) is 0 Å². The maximum absolute atomic E-state index is 10.5. The van der Waals surface area contributed by atoms with Gasteiger partial charge < -0.3 is 5.11 Å². The number of rotatable bonds is 1. The molecule has 3 saturated carbocycles. The van der Waals surface area contributed by atoms with E-state index >= 15 is 0 Å². The Morgan fingerprint density at radius 3 is 2.44 bits per heavy atom. The summed E-state index contributed by atoms with van der Waals surface area (Å²) in [5.41, 5.74) is 0.354. The van der Waals surface area contributed by atoms with Crippen molar-refractivity contribution in [2.24, 2.45) is 40.9 Å². The number of hydrogen-bond donors (Lipinski definition) is 1. The molecule has 0 amide bonds. The molecule has 7 atom stereocenters. The average molecular weight is 222 g/mol. The van der Waals surface area contributed by atoms with Crippen molar-refractivity contribution in [1.82, 2.24) is 0 Å². The molecule has 1 nitrogen and oxygen atoms in total. The quantitative estimate of drug-likeness (QED) is 0.721. The molecule has 0 saturated heterocycles. The predicted octanol–water partition coefficient (Wildman–Crippen LogP) is 3.32. The van der Waals surface area contributed by atoms with Crippen LogP contribution >= 0.6 is 0 Å². The molecule has 1 heteroatoms. The molecule has 3 aliphatic rings. The van der Waals surface area contributed by atoms with E-state index in [1.165, 1.54) is 12.8 Å². The van der Waals surface area contributed by atoms with E-state index in [0.29, 0.717) is 5.41 Å². The third-order valence-electron chi connectivity index (χ3n) is 6.32. The Balaban J connectivity index is 1.93.